The van der Waals surface area contributed by atoms with Crippen LogP contribution in [-0.2, 0) is 11.0 Å². The van der Waals surface area contributed by atoms with Crippen molar-refractivity contribution >= 4 is 29.0 Å². The summed E-state index contributed by atoms with van der Waals surface area (Å²) in [6, 6.07) is 6.24. The van der Waals surface area contributed by atoms with Gasteiger partial charge in [-0.1, -0.05) is 23.9 Å². The Bertz CT molecular complexity index is 770. The number of rotatable bonds is 5. The largest absolute Gasteiger partial charge is 0.433 e. The molecule has 0 unspecified atom stereocenters. The molecule has 1 amide bonds. The fraction of sp³-hybridized carbons (Fsp3) is 0.154. The topological polar surface area (TPSA) is 98.0 Å². The number of hydrogen-bond donors (Lipinski definition) is 1. The summed E-state index contributed by atoms with van der Waals surface area (Å²) in [5.41, 5.74) is -1.40. The number of benzene rings is 1. The highest BCUT2D eigenvalue weighted by atomic mass is 32.2. The maximum absolute atomic E-state index is 12.5. The lowest BCUT2D eigenvalue weighted by atomic mass is 10.2. The van der Waals surface area contributed by atoms with Crippen molar-refractivity contribution in [3.05, 3.63) is 52.3 Å². The van der Waals surface area contributed by atoms with Crippen LogP contribution in [0.2, 0.25) is 0 Å². The molecule has 2 rings (SSSR count). The second-order valence-corrected chi connectivity index (χ2v) is 5.28. The van der Waals surface area contributed by atoms with E-state index < -0.39 is 22.7 Å². The minimum Gasteiger partial charge on any atom is -0.320 e. The van der Waals surface area contributed by atoms with E-state index in [4.69, 9.17) is 0 Å². The quantitative estimate of drug-likeness (QED) is 0.382. The molecule has 7 nitrogen and oxygen atoms in total. The minimum absolute atomic E-state index is 0.00180. The van der Waals surface area contributed by atoms with Crippen LogP contribution in [-0.4, -0.2) is 26.6 Å². The molecule has 11 heteroatoms. The van der Waals surface area contributed by atoms with Crippen molar-refractivity contribution in [3.63, 3.8) is 0 Å². The Morgan fingerprint density at radius 1 is 1.29 bits per heavy atom. The third-order valence-electron chi connectivity index (χ3n) is 2.63. The second-order valence-electron chi connectivity index (χ2n) is 4.33. The maximum atomic E-state index is 12.5. The van der Waals surface area contributed by atoms with E-state index in [2.05, 4.69) is 15.3 Å². The zero-order chi connectivity index (χ0) is 17.7. The minimum atomic E-state index is -4.61. The second kappa shape index (κ2) is 7.25. The zero-order valence-electron chi connectivity index (χ0n) is 11.8. The van der Waals surface area contributed by atoms with Gasteiger partial charge < -0.3 is 5.32 Å². The van der Waals surface area contributed by atoms with E-state index in [9.17, 15) is 28.1 Å². The number of aromatic nitrogens is 2. The van der Waals surface area contributed by atoms with Gasteiger partial charge in [0.2, 0.25) is 5.91 Å². The smallest absolute Gasteiger partial charge is 0.320 e. The molecule has 0 saturated heterocycles. The highest BCUT2D eigenvalue weighted by Gasteiger charge is 2.32. The van der Waals surface area contributed by atoms with Gasteiger partial charge in [0, 0.05) is 12.3 Å². The molecule has 0 atom stereocenters. The summed E-state index contributed by atoms with van der Waals surface area (Å²) in [7, 11) is 0. The van der Waals surface area contributed by atoms with Crippen molar-refractivity contribution in [1.29, 1.82) is 0 Å². The Balaban J connectivity index is 2.01. The van der Waals surface area contributed by atoms with Crippen LogP contribution in [0.5, 0.6) is 0 Å². The maximum Gasteiger partial charge on any atom is 0.433 e. The van der Waals surface area contributed by atoms with Crippen LogP contribution in [0.3, 0.4) is 0 Å². The number of carbonyl (C=O) groups is 1. The van der Waals surface area contributed by atoms with Crippen molar-refractivity contribution in [3.8, 4) is 0 Å². The zero-order valence-corrected chi connectivity index (χ0v) is 12.6. The van der Waals surface area contributed by atoms with Gasteiger partial charge in [0.05, 0.1) is 10.7 Å². The van der Waals surface area contributed by atoms with E-state index in [0.29, 0.717) is 11.8 Å². The summed E-state index contributed by atoms with van der Waals surface area (Å²) < 4.78 is 37.6. The number of alkyl halides is 3. The molecule has 2 aromatic rings. The molecule has 1 aromatic carbocycles. The number of nitrogens with one attached hydrogen (secondary N) is 1. The van der Waals surface area contributed by atoms with E-state index in [1.54, 1.807) is 0 Å². The predicted octanol–water partition coefficient (Wildman–Crippen LogP) is 3.13. The number of amides is 1. The summed E-state index contributed by atoms with van der Waals surface area (Å²) in [6.45, 7) is 0. The molecular formula is C13H9F3N4O3S. The highest BCUT2D eigenvalue weighted by molar-refractivity contribution is 7.99. The average Bonchev–Trinajstić information content (AvgIpc) is 2.53. The van der Waals surface area contributed by atoms with Crippen LogP contribution in [0.1, 0.15) is 5.69 Å². The molecule has 0 spiro atoms. The van der Waals surface area contributed by atoms with Crippen LogP contribution in [0.4, 0.5) is 24.5 Å². The Morgan fingerprint density at radius 2 is 2.00 bits per heavy atom. The molecule has 24 heavy (non-hydrogen) atoms. The summed E-state index contributed by atoms with van der Waals surface area (Å²) in [4.78, 5) is 28.9. The fourth-order valence-corrected chi connectivity index (χ4v) is 2.25. The van der Waals surface area contributed by atoms with Gasteiger partial charge in [-0.05, 0) is 12.1 Å². The number of thioether (sulfide) groups is 1. The number of nitro groups is 1. The van der Waals surface area contributed by atoms with Crippen molar-refractivity contribution in [2.75, 3.05) is 11.1 Å². The third-order valence-corrected chi connectivity index (χ3v) is 3.49. The first kappa shape index (κ1) is 17.7. The average molecular weight is 358 g/mol. The van der Waals surface area contributed by atoms with Crippen molar-refractivity contribution in [2.24, 2.45) is 0 Å². The molecule has 0 aliphatic heterocycles. The van der Waals surface area contributed by atoms with Gasteiger partial charge in [-0.3, -0.25) is 14.9 Å². The normalized spacial score (nSPS) is 11.1. The molecular weight excluding hydrogens is 349 g/mol. The van der Waals surface area contributed by atoms with Gasteiger partial charge in [0.1, 0.15) is 11.4 Å². The number of halogens is 3. The molecule has 1 N–H and O–H groups in total. The first-order chi connectivity index (χ1) is 11.3. The van der Waals surface area contributed by atoms with E-state index in [1.165, 1.54) is 24.3 Å². The van der Waals surface area contributed by atoms with Gasteiger partial charge >= 0.3 is 6.18 Å². The number of nitro benzene ring substituents is 1. The molecule has 0 aliphatic rings. The summed E-state index contributed by atoms with van der Waals surface area (Å²) in [5.74, 6) is -0.928. The van der Waals surface area contributed by atoms with E-state index in [0.717, 1.165) is 12.3 Å². The molecule has 1 aromatic heterocycles. The van der Waals surface area contributed by atoms with Gasteiger partial charge in [-0.25, -0.2) is 9.97 Å². The third kappa shape index (κ3) is 4.65. The lowest BCUT2D eigenvalue weighted by Gasteiger charge is -2.07. The Labute approximate surface area is 137 Å². The van der Waals surface area contributed by atoms with Gasteiger partial charge in [0.15, 0.2) is 5.16 Å². The number of anilines is 1. The van der Waals surface area contributed by atoms with Gasteiger partial charge in [-0.15, -0.1) is 0 Å². The first-order valence-corrected chi connectivity index (χ1v) is 7.32. The summed E-state index contributed by atoms with van der Waals surface area (Å²) in [6.07, 6.45) is -3.66. The molecule has 0 saturated carbocycles. The highest BCUT2D eigenvalue weighted by Crippen LogP contribution is 2.28. The fourth-order valence-electron chi connectivity index (χ4n) is 1.62. The van der Waals surface area contributed by atoms with Crippen molar-refractivity contribution in [1.82, 2.24) is 9.97 Å². The molecule has 0 bridgehead atoms. The monoisotopic (exact) mass is 358 g/mol. The van der Waals surface area contributed by atoms with E-state index in [-0.39, 0.29) is 22.3 Å². The standard InChI is InChI=1S/C13H9F3N4O3S/c14-13(15,16)10-5-6-17-12(19-10)24-7-11(21)18-8-3-1-2-4-9(8)20(22)23/h1-6H,7H2,(H,18,21). The van der Waals surface area contributed by atoms with Crippen LogP contribution >= 0.6 is 11.8 Å². The first-order valence-electron chi connectivity index (χ1n) is 6.33. The lowest BCUT2D eigenvalue weighted by Crippen LogP contribution is -2.15. The SMILES string of the molecule is O=C(CSc1nccc(C(F)(F)F)n1)Nc1ccccc1[N+](=O)[O-]. The Morgan fingerprint density at radius 3 is 2.67 bits per heavy atom. The van der Waals surface area contributed by atoms with Crippen molar-refractivity contribution in [2.45, 2.75) is 11.3 Å². The van der Waals surface area contributed by atoms with Crippen molar-refractivity contribution < 1.29 is 22.9 Å². The molecule has 126 valence electrons. The molecule has 0 aliphatic carbocycles. The number of para-hydroxylation sites is 2. The van der Waals surface area contributed by atoms with Crippen LogP contribution in [0, 0.1) is 10.1 Å². The number of carbonyl (C=O) groups excluding carboxylic acids is 1. The Kier molecular flexibility index (Phi) is 5.34. The van der Waals surface area contributed by atoms with Gasteiger partial charge in [0.25, 0.3) is 5.69 Å². The molecule has 0 radical (unpaired) electrons. The number of hydrogen-bond acceptors (Lipinski definition) is 6. The van der Waals surface area contributed by atoms with Crippen LogP contribution in [0.15, 0.2) is 41.7 Å². The number of nitrogens with zero attached hydrogens (tertiary/aromatic N) is 3. The van der Waals surface area contributed by atoms with E-state index in [1.807, 2.05) is 0 Å². The van der Waals surface area contributed by atoms with Crippen LogP contribution in [0.25, 0.3) is 0 Å². The Hall–Kier alpha value is -2.69. The summed E-state index contributed by atoms with van der Waals surface area (Å²) >= 11 is 0.688. The predicted molar refractivity (Wildman–Crippen MR) is 79.5 cm³/mol. The van der Waals surface area contributed by atoms with E-state index >= 15 is 0 Å². The molecule has 0 fully saturated rings. The summed E-state index contributed by atoms with van der Waals surface area (Å²) in [5, 5.41) is 12.9. The van der Waals surface area contributed by atoms with Crippen LogP contribution < -0.4 is 5.32 Å². The van der Waals surface area contributed by atoms with Gasteiger partial charge in [-0.2, -0.15) is 13.2 Å². The lowest BCUT2D eigenvalue weighted by molar-refractivity contribution is -0.383. The molecule has 1 heterocycles.